The second-order valence-corrected chi connectivity index (χ2v) is 8.91. The van der Waals surface area contributed by atoms with Gasteiger partial charge in [-0.25, -0.2) is 9.78 Å². The number of carbonyl (C=O) groups excluding carboxylic acids is 2. The number of nitrogens with zero attached hydrogens (tertiary/aromatic N) is 3. The van der Waals surface area contributed by atoms with Gasteiger partial charge in [0.15, 0.2) is 5.76 Å². The van der Waals surface area contributed by atoms with Gasteiger partial charge in [0, 0.05) is 43.1 Å². The third kappa shape index (κ3) is 3.23. The number of hydrogen-bond acceptors (Lipinski definition) is 6. The Hall–Kier alpha value is -3.85. The molecule has 6 rings (SSSR count). The lowest BCUT2D eigenvalue weighted by atomic mass is 10.1. The fraction of sp³-hybridized carbons (Fsp3) is 0.320. The van der Waals surface area contributed by atoms with Crippen molar-refractivity contribution in [2.24, 2.45) is 7.05 Å². The number of rotatable bonds is 3. The Morgan fingerprint density at radius 2 is 2.00 bits per heavy atom. The van der Waals surface area contributed by atoms with Crippen molar-refractivity contribution in [2.45, 2.75) is 24.9 Å². The van der Waals surface area contributed by atoms with Crippen LogP contribution in [0.3, 0.4) is 0 Å². The van der Waals surface area contributed by atoms with Gasteiger partial charge in [-0.2, -0.15) is 0 Å². The minimum absolute atomic E-state index is 0.218. The van der Waals surface area contributed by atoms with Crippen LogP contribution in [0.15, 0.2) is 42.4 Å². The minimum atomic E-state index is -0.352. The number of nitrogens with one attached hydrogen (secondary N) is 2. The second-order valence-electron chi connectivity index (χ2n) is 8.91. The first-order valence-electron chi connectivity index (χ1n) is 11.4. The van der Waals surface area contributed by atoms with E-state index in [0.29, 0.717) is 29.1 Å². The Balaban J connectivity index is 1.40. The SMILES string of the molecule is CNC(=O)Nc1ccc2c(c1)C(=O)/C(=C/c1cn(C)c3nccc(N4C5CCC4COC5)c13)O2. The van der Waals surface area contributed by atoms with Gasteiger partial charge in [0.05, 0.1) is 36.5 Å². The maximum Gasteiger partial charge on any atom is 0.318 e. The molecule has 174 valence electrons. The predicted molar refractivity (Wildman–Crippen MR) is 128 cm³/mol. The average Bonchev–Trinajstić information content (AvgIpc) is 3.42. The van der Waals surface area contributed by atoms with E-state index >= 15 is 0 Å². The smallest absolute Gasteiger partial charge is 0.318 e. The molecule has 3 aliphatic heterocycles. The number of urea groups is 1. The fourth-order valence-electron chi connectivity index (χ4n) is 5.27. The molecule has 2 saturated heterocycles. The molecule has 0 spiro atoms. The van der Waals surface area contributed by atoms with Gasteiger partial charge in [0.1, 0.15) is 11.4 Å². The molecule has 34 heavy (non-hydrogen) atoms. The zero-order valence-corrected chi connectivity index (χ0v) is 19.0. The number of ether oxygens (including phenoxy) is 2. The number of amides is 2. The standard InChI is InChI=1S/C25H25N5O4/c1-26-25(32)28-15-3-6-20-18(10-15)23(31)21(34-20)9-14-11-29(2)24-22(14)19(7-8-27-24)30-16-4-5-17(30)13-33-12-16/h3,6-11,16-17H,4-5,12-13H2,1-2H3,(H2,26,28,32)/b21-9-. The molecule has 2 amide bonds. The summed E-state index contributed by atoms with van der Waals surface area (Å²) in [6, 6.07) is 7.45. The topological polar surface area (TPSA) is 97.7 Å². The number of carbonyl (C=O) groups is 2. The number of aryl methyl sites for hydroxylation is 1. The summed E-state index contributed by atoms with van der Waals surface area (Å²) < 4.78 is 13.7. The van der Waals surface area contributed by atoms with Crippen molar-refractivity contribution in [3.63, 3.8) is 0 Å². The number of anilines is 2. The number of allylic oxidation sites excluding steroid dienone is 1. The number of aromatic nitrogens is 2. The number of hydrogen-bond donors (Lipinski definition) is 2. The van der Waals surface area contributed by atoms with Gasteiger partial charge >= 0.3 is 6.03 Å². The quantitative estimate of drug-likeness (QED) is 0.584. The average molecular weight is 460 g/mol. The summed E-state index contributed by atoms with van der Waals surface area (Å²) in [6.07, 6.45) is 7.85. The van der Waals surface area contributed by atoms with Crippen molar-refractivity contribution in [3.05, 3.63) is 53.5 Å². The lowest BCUT2D eigenvalue weighted by Gasteiger charge is -2.37. The van der Waals surface area contributed by atoms with Crippen LogP contribution in [0, 0.1) is 0 Å². The monoisotopic (exact) mass is 459 g/mol. The number of ketones is 1. The van der Waals surface area contributed by atoms with Gasteiger partial charge in [-0.1, -0.05) is 0 Å². The maximum absolute atomic E-state index is 13.2. The largest absolute Gasteiger partial charge is 0.452 e. The number of morpholine rings is 1. The van der Waals surface area contributed by atoms with Crippen LogP contribution in [0.4, 0.5) is 16.2 Å². The normalized spacial score (nSPS) is 22.2. The highest BCUT2D eigenvalue weighted by atomic mass is 16.5. The van der Waals surface area contributed by atoms with E-state index in [9.17, 15) is 9.59 Å². The first-order valence-corrected chi connectivity index (χ1v) is 11.4. The van der Waals surface area contributed by atoms with E-state index in [1.807, 2.05) is 24.0 Å². The van der Waals surface area contributed by atoms with Gasteiger partial charge < -0.3 is 29.6 Å². The molecule has 5 heterocycles. The number of fused-ring (bicyclic) bond motifs is 4. The highest BCUT2D eigenvalue weighted by Gasteiger charge is 2.38. The van der Waals surface area contributed by atoms with Gasteiger partial charge in [0.25, 0.3) is 0 Å². The first-order chi connectivity index (χ1) is 16.5. The molecule has 3 aromatic rings. The van der Waals surface area contributed by atoms with Crippen LogP contribution in [0.25, 0.3) is 17.1 Å². The van der Waals surface area contributed by atoms with Gasteiger partial charge in [-0.15, -0.1) is 0 Å². The van der Waals surface area contributed by atoms with Crippen molar-refractivity contribution in [2.75, 3.05) is 30.5 Å². The maximum atomic E-state index is 13.2. The summed E-state index contributed by atoms with van der Waals surface area (Å²) >= 11 is 0. The molecule has 9 heteroatoms. The molecular weight excluding hydrogens is 434 g/mol. The summed E-state index contributed by atoms with van der Waals surface area (Å²) in [7, 11) is 3.49. The van der Waals surface area contributed by atoms with Crippen molar-refractivity contribution in [1.29, 1.82) is 0 Å². The molecule has 2 atom stereocenters. The molecule has 0 radical (unpaired) electrons. The van der Waals surface area contributed by atoms with Crippen LogP contribution in [0.5, 0.6) is 5.75 Å². The third-order valence-corrected chi connectivity index (χ3v) is 6.82. The number of pyridine rings is 1. The lowest BCUT2D eigenvalue weighted by molar-refractivity contribution is 0.0908. The predicted octanol–water partition coefficient (Wildman–Crippen LogP) is 3.31. The molecule has 2 bridgehead atoms. The van der Waals surface area contributed by atoms with Crippen molar-refractivity contribution in [3.8, 4) is 5.75 Å². The first kappa shape index (κ1) is 20.7. The highest BCUT2D eigenvalue weighted by molar-refractivity contribution is 6.16. The highest BCUT2D eigenvalue weighted by Crippen LogP contribution is 2.40. The Morgan fingerprint density at radius 1 is 1.21 bits per heavy atom. The summed E-state index contributed by atoms with van der Waals surface area (Å²) in [6.45, 7) is 1.46. The lowest BCUT2D eigenvalue weighted by Crippen LogP contribution is -2.46. The van der Waals surface area contributed by atoms with E-state index in [0.717, 1.165) is 48.3 Å². The molecule has 2 N–H and O–H groups in total. The molecule has 2 aromatic heterocycles. The summed E-state index contributed by atoms with van der Waals surface area (Å²) in [5.41, 5.74) is 3.80. The van der Waals surface area contributed by atoms with Crippen LogP contribution < -0.4 is 20.3 Å². The number of benzene rings is 1. The molecule has 0 saturated carbocycles. The van der Waals surface area contributed by atoms with Crippen molar-refractivity contribution >= 4 is 40.3 Å². The van der Waals surface area contributed by atoms with Crippen LogP contribution in [-0.4, -0.2) is 53.7 Å². The zero-order valence-electron chi connectivity index (χ0n) is 19.0. The molecule has 2 fully saturated rings. The zero-order chi connectivity index (χ0) is 23.4. The Bertz CT molecular complexity index is 1340. The van der Waals surface area contributed by atoms with Gasteiger partial charge in [-0.3, -0.25) is 4.79 Å². The third-order valence-electron chi connectivity index (χ3n) is 6.82. The molecule has 9 nitrogen and oxygen atoms in total. The van der Waals surface area contributed by atoms with Crippen LogP contribution in [0.2, 0.25) is 0 Å². The second kappa shape index (κ2) is 7.88. The van der Waals surface area contributed by atoms with Crippen LogP contribution in [0.1, 0.15) is 28.8 Å². The molecule has 2 unspecified atom stereocenters. The van der Waals surface area contributed by atoms with Gasteiger partial charge in [-0.05, 0) is 43.2 Å². The van der Waals surface area contributed by atoms with Crippen molar-refractivity contribution < 1.29 is 19.1 Å². The minimum Gasteiger partial charge on any atom is -0.452 e. The Morgan fingerprint density at radius 3 is 2.76 bits per heavy atom. The van der Waals surface area contributed by atoms with Crippen LogP contribution in [-0.2, 0) is 11.8 Å². The van der Waals surface area contributed by atoms with E-state index in [2.05, 4.69) is 26.6 Å². The Labute approximate surface area is 196 Å². The van der Waals surface area contributed by atoms with E-state index in [-0.39, 0.29) is 17.6 Å². The number of Topliss-reactive ketones (excluding diaryl/α,β-unsaturated/α-hetero) is 1. The van der Waals surface area contributed by atoms with Gasteiger partial charge in [0.2, 0.25) is 5.78 Å². The van der Waals surface area contributed by atoms with E-state index < -0.39 is 0 Å². The molecule has 3 aliphatic rings. The molecule has 1 aromatic carbocycles. The fourth-order valence-corrected chi connectivity index (χ4v) is 5.27. The molecule has 0 aliphatic carbocycles. The van der Waals surface area contributed by atoms with E-state index in [1.54, 1.807) is 24.3 Å². The van der Waals surface area contributed by atoms with Crippen molar-refractivity contribution in [1.82, 2.24) is 14.9 Å². The summed E-state index contributed by atoms with van der Waals surface area (Å²) in [5.74, 6) is 0.507. The van der Waals surface area contributed by atoms with E-state index in [4.69, 9.17) is 9.47 Å². The summed E-state index contributed by atoms with van der Waals surface area (Å²) in [5, 5.41) is 6.19. The molecular formula is C25H25N5O4. The Kier molecular flexibility index (Phi) is 4.80. The summed E-state index contributed by atoms with van der Waals surface area (Å²) in [4.78, 5) is 31.9. The van der Waals surface area contributed by atoms with E-state index in [1.165, 1.54) is 7.05 Å². The van der Waals surface area contributed by atoms with Crippen LogP contribution >= 0.6 is 0 Å².